The molecule has 0 fully saturated rings. The predicted molar refractivity (Wildman–Crippen MR) is 109 cm³/mol. The first-order chi connectivity index (χ1) is 12.5. The lowest BCUT2D eigenvalue weighted by atomic mass is 10.0. The second-order valence-corrected chi connectivity index (χ2v) is 7.21. The van der Waals surface area contributed by atoms with Gasteiger partial charge in [-0.05, 0) is 54.3 Å². The van der Waals surface area contributed by atoms with E-state index in [0.717, 1.165) is 16.3 Å². The number of nitrogens with one attached hydrogen (secondary N) is 1. The van der Waals surface area contributed by atoms with E-state index in [1.165, 1.54) is 12.3 Å². The SMILES string of the molecule is O=C(Cc1cccc2ccccc12)N/N=C\c1cc(Br)c(O)c(Br)c1O. The number of aromatic hydroxyl groups is 2. The number of hydrogen-bond donors (Lipinski definition) is 3. The quantitative estimate of drug-likeness (QED) is 0.383. The van der Waals surface area contributed by atoms with E-state index in [9.17, 15) is 15.0 Å². The van der Waals surface area contributed by atoms with E-state index in [4.69, 9.17) is 0 Å². The minimum atomic E-state index is -0.269. The molecule has 0 spiro atoms. The third-order valence-electron chi connectivity index (χ3n) is 3.82. The number of fused-ring (bicyclic) bond motifs is 1. The normalized spacial score (nSPS) is 11.2. The van der Waals surface area contributed by atoms with Crippen molar-refractivity contribution in [1.82, 2.24) is 5.43 Å². The second kappa shape index (κ2) is 7.88. The summed E-state index contributed by atoms with van der Waals surface area (Å²) >= 11 is 6.27. The second-order valence-electron chi connectivity index (χ2n) is 5.57. The zero-order chi connectivity index (χ0) is 18.7. The van der Waals surface area contributed by atoms with Crippen LogP contribution in [0.15, 0.2) is 62.6 Å². The van der Waals surface area contributed by atoms with Crippen LogP contribution in [0, 0.1) is 0 Å². The summed E-state index contributed by atoms with van der Waals surface area (Å²) in [5, 5.41) is 25.7. The van der Waals surface area contributed by atoms with Gasteiger partial charge in [-0.1, -0.05) is 42.5 Å². The number of carbonyl (C=O) groups is 1. The Kier molecular flexibility index (Phi) is 5.58. The summed E-state index contributed by atoms with van der Waals surface area (Å²) in [5.74, 6) is -0.550. The highest BCUT2D eigenvalue weighted by Gasteiger charge is 2.13. The number of phenolic OH excluding ortho intramolecular Hbond substituents is 2. The highest BCUT2D eigenvalue weighted by molar-refractivity contribution is 9.11. The minimum absolute atomic E-state index is 0.111. The Morgan fingerprint density at radius 3 is 2.62 bits per heavy atom. The van der Waals surface area contributed by atoms with Crippen molar-refractivity contribution in [1.29, 1.82) is 0 Å². The van der Waals surface area contributed by atoms with Gasteiger partial charge in [-0.25, -0.2) is 5.43 Å². The fourth-order valence-electron chi connectivity index (χ4n) is 2.55. The zero-order valence-electron chi connectivity index (χ0n) is 13.4. The molecule has 3 aromatic carbocycles. The molecular weight excluding hydrogens is 464 g/mol. The van der Waals surface area contributed by atoms with E-state index in [2.05, 4.69) is 42.4 Å². The topological polar surface area (TPSA) is 81.9 Å². The molecule has 0 aliphatic rings. The van der Waals surface area contributed by atoms with Gasteiger partial charge in [-0.2, -0.15) is 5.10 Å². The first-order valence-electron chi connectivity index (χ1n) is 7.66. The molecule has 0 aliphatic carbocycles. The third kappa shape index (κ3) is 3.89. The van der Waals surface area contributed by atoms with Crippen molar-refractivity contribution in [2.45, 2.75) is 6.42 Å². The van der Waals surface area contributed by atoms with E-state index < -0.39 is 0 Å². The van der Waals surface area contributed by atoms with Crippen LogP contribution in [0.4, 0.5) is 0 Å². The Balaban J connectivity index is 1.72. The van der Waals surface area contributed by atoms with Crippen molar-refractivity contribution in [3.63, 3.8) is 0 Å². The van der Waals surface area contributed by atoms with Gasteiger partial charge in [0.25, 0.3) is 0 Å². The van der Waals surface area contributed by atoms with Gasteiger partial charge in [0.15, 0.2) is 0 Å². The summed E-state index contributed by atoms with van der Waals surface area (Å²) in [6.45, 7) is 0. The summed E-state index contributed by atoms with van der Waals surface area (Å²) in [6, 6.07) is 15.2. The van der Waals surface area contributed by atoms with Crippen LogP contribution in [-0.2, 0) is 11.2 Å². The Morgan fingerprint density at radius 2 is 1.81 bits per heavy atom. The Morgan fingerprint density at radius 1 is 1.08 bits per heavy atom. The molecule has 5 nitrogen and oxygen atoms in total. The average Bonchev–Trinajstić information content (AvgIpc) is 2.64. The molecule has 1 amide bonds. The zero-order valence-corrected chi connectivity index (χ0v) is 16.6. The molecule has 132 valence electrons. The Labute approximate surface area is 166 Å². The fourth-order valence-corrected chi connectivity index (χ4v) is 3.70. The molecule has 3 aromatic rings. The van der Waals surface area contributed by atoms with E-state index in [1.807, 2.05) is 42.5 Å². The van der Waals surface area contributed by atoms with Crippen LogP contribution in [-0.4, -0.2) is 22.3 Å². The average molecular weight is 478 g/mol. The van der Waals surface area contributed by atoms with Gasteiger partial charge >= 0.3 is 0 Å². The van der Waals surface area contributed by atoms with Crippen molar-refractivity contribution >= 4 is 54.8 Å². The van der Waals surface area contributed by atoms with Crippen LogP contribution < -0.4 is 5.43 Å². The number of hydrogen-bond acceptors (Lipinski definition) is 4. The summed E-state index contributed by atoms with van der Waals surface area (Å²) in [6.07, 6.45) is 1.50. The number of nitrogens with zero attached hydrogens (tertiary/aromatic N) is 1. The molecule has 26 heavy (non-hydrogen) atoms. The number of hydrazone groups is 1. The van der Waals surface area contributed by atoms with Crippen molar-refractivity contribution in [3.8, 4) is 11.5 Å². The largest absolute Gasteiger partial charge is 0.506 e. The summed E-state index contributed by atoms with van der Waals surface area (Å²) in [4.78, 5) is 12.2. The van der Waals surface area contributed by atoms with Crippen LogP contribution in [0.1, 0.15) is 11.1 Å². The van der Waals surface area contributed by atoms with Crippen LogP contribution in [0.5, 0.6) is 11.5 Å². The lowest BCUT2D eigenvalue weighted by molar-refractivity contribution is -0.120. The van der Waals surface area contributed by atoms with Crippen molar-refractivity contribution in [2.75, 3.05) is 0 Å². The molecule has 3 N–H and O–H groups in total. The number of carbonyl (C=O) groups excluding carboxylic acids is 1. The first-order valence-corrected chi connectivity index (χ1v) is 9.24. The minimum Gasteiger partial charge on any atom is -0.506 e. The molecule has 0 radical (unpaired) electrons. The number of amides is 1. The first kappa shape index (κ1) is 18.4. The van der Waals surface area contributed by atoms with Crippen LogP contribution >= 0.6 is 31.9 Å². The van der Waals surface area contributed by atoms with Crippen molar-refractivity contribution < 1.29 is 15.0 Å². The summed E-state index contributed by atoms with van der Waals surface area (Å²) in [7, 11) is 0. The monoisotopic (exact) mass is 476 g/mol. The fraction of sp³-hybridized carbons (Fsp3) is 0.0526. The molecule has 0 unspecified atom stereocenters. The summed E-state index contributed by atoms with van der Waals surface area (Å²) < 4.78 is 0.543. The van der Waals surface area contributed by atoms with Crippen LogP contribution in [0.25, 0.3) is 10.8 Å². The van der Waals surface area contributed by atoms with Crippen molar-refractivity contribution in [3.05, 3.63) is 68.6 Å². The molecular formula is C19H14Br2N2O3. The van der Waals surface area contributed by atoms with E-state index >= 15 is 0 Å². The standard InChI is InChI=1S/C19H14Br2N2O3/c20-15-8-13(18(25)17(21)19(15)26)10-22-23-16(24)9-12-6-3-5-11-4-1-2-7-14(11)12/h1-8,10,25-26H,9H2,(H,23,24)/b22-10-. The molecule has 0 aromatic heterocycles. The van der Waals surface area contributed by atoms with E-state index in [1.54, 1.807) is 0 Å². The summed E-state index contributed by atoms with van der Waals surface area (Å²) in [5.41, 5.74) is 3.70. The van der Waals surface area contributed by atoms with Crippen LogP contribution in [0.3, 0.4) is 0 Å². The lowest BCUT2D eigenvalue weighted by Crippen LogP contribution is -2.19. The van der Waals surface area contributed by atoms with Crippen molar-refractivity contribution in [2.24, 2.45) is 5.10 Å². The van der Waals surface area contributed by atoms with Gasteiger partial charge in [0.2, 0.25) is 5.91 Å². The van der Waals surface area contributed by atoms with Gasteiger partial charge in [0, 0.05) is 5.56 Å². The smallest absolute Gasteiger partial charge is 0.244 e. The maximum atomic E-state index is 12.2. The van der Waals surface area contributed by atoms with Crippen LogP contribution in [0.2, 0.25) is 0 Å². The molecule has 0 aliphatic heterocycles. The van der Waals surface area contributed by atoms with Gasteiger partial charge < -0.3 is 10.2 Å². The number of halogens is 2. The van der Waals surface area contributed by atoms with Gasteiger partial charge in [-0.15, -0.1) is 0 Å². The molecule has 7 heteroatoms. The third-order valence-corrected chi connectivity index (χ3v) is 5.18. The highest BCUT2D eigenvalue weighted by Crippen LogP contribution is 2.40. The maximum absolute atomic E-state index is 12.2. The van der Waals surface area contributed by atoms with Gasteiger partial charge in [-0.3, -0.25) is 4.79 Å². The number of benzene rings is 3. The van der Waals surface area contributed by atoms with Gasteiger partial charge in [0.05, 0.1) is 17.1 Å². The van der Waals surface area contributed by atoms with Gasteiger partial charge in [0.1, 0.15) is 16.0 Å². The molecule has 0 atom stereocenters. The Bertz CT molecular complexity index is 1010. The number of rotatable bonds is 4. The molecule has 0 heterocycles. The van der Waals surface area contributed by atoms with E-state index in [-0.39, 0.29) is 28.3 Å². The molecule has 0 saturated carbocycles. The molecule has 3 rings (SSSR count). The lowest BCUT2D eigenvalue weighted by Gasteiger charge is -2.07. The maximum Gasteiger partial charge on any atom is 0.244 e. The Hall–Kier alpha value is -2.38. The number of phenols is 2. The van der Waals surface area contributed by atoms with E-state index in [0.29, 0.717) is 10.0 Å². The molecule has 0 saturated heterocycles. The molecule has 0 bridgehead atoms. The predicted octanol–water partition coefficient (Wildman–Crippen LogP) is 4.47. The highest BCUT2D eigenvalue weighted by atomic mass is 79.9.